The van der Waals surface area contributed by atoms with E-state index >= 15 is 0 Å². The van der Waals surface area contributed by atoms with Gasteiger partial charge in [0.05, 0.1) is 17.7 Å². The van der Waals surface area contributed by atoms with E-state index in [0.717, 1.165) is 12.1 Å². The molecule has 0 radical (unpaired) electrons. The lowest BCUT2D eigenvalue weighted by Gasteiger charge is -2.13. The fourth-order valence-electron chi connectivity index (χ4n) is 1.27. The van der Waals surface area contributed by atoms with E-state index in [1.165, 1.54) is 0 Å². The summed E-state index contributed by atoms with van der Waals surface area (Å²) in [6.45, 7) is 0. The molecule has 0 aliphatic rings. The molecule has 0 aromatic heterocycles. The van der Waals surface area contributed by atoms with Gasteiger partial charge in [-0.3, -0.25) is 4.79 Å². The molecule has 0 saturated heterocycles. The zero-order valence-corrected chi connectivity index (χ0v) is 8.28. The van der Waals surface area contributed by atoms with Crippen molar-refractivity contribution < 1.29 is 33.3 Å². The summed E-state index contributed by atoms with van der Waals surface area (Å²) in [7, 11) is 0. The minimum absolute atomic E-state index is 0.144. The number of nitrogens with one attached hydrogen (secondary N) is 1. The molecular formula is C9H8F3NO4. The van der Waals surface area contributed by atoms with Crippen molar-refractivity contribution in [2.45, 2.75) is 12.6 Å². The molecule has 94 valence electrons. The Morgan fingerprint density at radius 3 is 2.53 bits per heavy atom. The largest absolute Gasteiger partial charge is 0.481 e. The number of carboxylic acids is 1. The Hall–Kier alpha value is -1.80. The van der Waals surface area contributed by atoms with Crippen LogP contribution in [0.15, 0.2) is 18.2 Å². The molecule has 8 heteroatoms. The number of anilines is 1. The third kappa shape index (κ3) is 3.61. The van der Waals surface area contributed by atoms with Gasteiger partial charge in [-0.2, -0.15) is 13.2 Å². The minimum atomic E-state index is -4.68. The standard InChI is InChI=1S/C9H8F3NO4/c10-9(11,12)7-4-6(13-17-16)2-1-5(7)3-8(14)15/h1-2,4,13,16H,3H2,(H,14,15). The van der Waals surface area contributed by atoms with Crippen LogP contribution in [0.3, 0.4) is 0 Å². The molecular weight excluding hydrogens is 243 g/mol. The molecule has 3 N–H and O–H groups in total. The normalized spacial score (nSPS) is 11.3. The zero-order valence-electron chi connectivity index (χ0n) is 8.28. The predicted octanol–water partition coefficient (Wildman–Crippen LogP) is 2.15. The second kappa shape index (κ2) is 5.02. The van der Waals surface area contributed by atoms with Gasteiger partial charge in [0.2, 0.25) is 0 Å². The van der Waals surface area contributed by atoms with Crippen molar-refractivity contribution in [3.63, 3.8) is 0 Å². The molecule has 0 heterocycles. The SMILES string of the molecule is O=C(O)Cc1ccc(NOO)cc1C(F)(F)F. The maximum absolute atomic E-state index is 12.6. The number of hydrogen-bond donors (Lipinski definition) is 3. The summed E-state index contributed by atoms with van der Waals surface area (Å²) in [6, 6.07) is 2.80. The summed E-state index contributed by atoms with van der Waals surface area (Å²) < 4.78 is 37.8. The van der Waals surface area contributed by atoms with Crippen LogP contribution in [0.1, 0.15) is 11.1 Å². The van der Waals surface area contributed by atoms with Crippen LogP contribution < -0.4 is 5.48 Å². The van der Waals surface area contributed by atoms with Crippen LogP contribution >= 0.6 is 0 Å². The summed E-state index contributed by atoms with van der Waals surface area (Å²) in [4.78, 5) is 13.9. The maximum atomic E-state index is 12.6. The van der Waals surface area contributed by atoms with Crippen LogP contribution in [-0.2, 0) is 22.4 Å². The molecule has 0 aliphatic carbocycles. The van der Waals surface area contributed by atoms with Crippen molar-refractivity contribution in [2.24, 2.45) is 0 Å². The Kier molecular flexibility index (Phi) is 3.92. The number of aliphatic carboxylic acids is 1. The molecule has 1 rings (SSSR count). The first-order valence-electron chi connectivity index (χ1n) is 4.33. The molecule has 5 nitrogen and oxygen atoms in total. The molecule has 17 heavy (non-hydrogen) atoms. The summed E-state index contributed by atoms with van der Waals surface area (Å²) >= 11 is 0. The number of benzene rings is 1. The van der Waals surface area contributed by atoms with Gasteiger partial charge in [-0.15, -0.1) is 4.99 Å². The van der Waals surface area contributed by atoms with E-state index in [1.807, 2.05) is 5.48 Å². The first kappa shape index (κ1) is 13.3. The van der Waals surface area contributed by atoms with Gasteiger partial charge in [-0.05, 0) is 17.7 Å². The van der Waals surface area contributed by atoms with E-state index in [4.69, 9.17) is 10.4 Å². The van der Waals surface area contributed by atoms with Crippen LogP contribution in [-0.4, -0.2) is 16.3 Å². The van der Waals surface area contributed by atoms with Crippen molar-refractivity contribution in [1.82, 2.24) is 0 Å². The van der Waals surface area contributed by atoms with Crippen LogP contribution in [0.2, 0.25) is 0 Å². The molecule has 0 saturated carbocycles. The quantitative estimate of drug-likeness (QED) is 0.564. The first-order chi connectivity index (χ1) is 7.84. The van der Waals surface area contributed by atoms with Crippen molar-refractivity contribution >= 4 is 11.7 Å². The fourth-order valence-corrected chi connectivity index (χ4v) is 1.27. The summed E-state index contributed by atoms with van der Waals surface area (Å²) in [5, 5.41) is 16.5. The van der Waals surface area contributed by atoms with Gasteiger partial charge in [-0.1, -0.05) is 6.07 Å². The average molecular weight is 251 g/mol. The van der Waals surface area contributed by atoms with Crippen molar-refractivity contribution in [3.05, 3.63) is 29.3 Å². The monoisotopic (exact) mass is 251 g/mol. The number of halogens is 3. The molecule has 0 aliphatic heterocycles. The predicted molar refractivity (Wildman–Crippen MR) is 50.1 cm³/mol. The molecule has 0 unspecified atom stereocenters. The van der Waals surface area contributed by atoms with Crippen molar-refractivity contribution in [3.8, 4) is 0 Å². The summed E-state index contributed by atoms with van der Waals surface area (Å²) in [6.07, 6.45) is -5.42. The van der Waals surface area contributed by atoms with E-state index in [9.17, 15) is 18.0 Å². The van der Waals surface area contributed by atoms with E-state index in [2.05, 4.69) is 4.99 Å². The number of hydrogen-bond acceptors (Lipinski definition) is 4. The topological polar surface area (TPSA) is 78.8 Å². The molecule has 1 aromatic rings. The number of rotatable bonds is 4. The van der Waals surface area contributed by atoms with Gasteiger partial charge < -0.3 is 5.11 Å². The van der Waals surface area contributed by atoms with Crippen LogP contribution in [0.25, 0.3) is 0 Å². The third-order valence-electron chi connectivity index (χ3n) is 1.92. The second-order valence-electron chi connectivity index (χ2n) is 3.13. The van der Waals surface area contributed by atoms with Gasteiger partial charge in [-0.25, -0.2) is 10.7 Å². The molecule has 0 atom stereocenters. The fraction of sp³-hybridized carbons (Fsp3) is 0.222. The Labute approximate surface area is 93.3 Å². The Morgan fingerprint density at radius 1 is 1.41 bits per heavy atom. The first-order valence-corrected chi connectivity index (χ1v) is 4.33. The highest BCUT2D eigenvalue weighted by atomic mass is 19.4. The van der Waals surface area contributed by atoms with E-state index in [1.54, 1.807) is 0 Å². The van der Waals surface area contributed by atoms with E-state index in [0.29, 0.717) is 6.07 Å². The van der Waals surface area contributed by atoms with Gasteiger partial charge in [0.1, 0.15) is 0 Å². The number of carboxylic acid groups (broad SMARTS) is 1. The second-order valence-corrected chi connectivity index (χ2v) is 3.13. The minimum Gasteiger partial charge on any atom is -0.481 e. The Balaban J connectivity index is 3.17. The summed E-state index contributed by atoms with van der Waals surface area (Å²) in [5.41, 5.74) is 0.202. The number of carbonyl (C=O) groups is 1. The Bertz CT molecular complexity index is 419. The van der Waals surface area contributed by atoms with E-state index in [-0.39, 0.29) is 11.3 Å². The molecule has 0 fully saturated rings. The molecule has 0 amide bonds. The van der Waals surface area contributed by atoms with Gasteiger partial charge in [0, 0.05) is 0 Å². The lowest BCUT2D eigenvalue weighted by Crippen LogP contribution is -2.13. The van der Waals surface area contributed by atoms with Gasteiger partial charge in [0.15, 0.2) is 0 Å². The smallest absolute Gasteiger partial charge is 0.416 e. The maximum Gasteiger partial charge on any atom is 0.416 e. The van der Waals surface area contributed by atoms with Crippen molar-refractivity contribution in [2.75, 3.05) is 5.48 Å². The highest BCUT2D eigenvalue weighted by Crippen LogP contribution is 2.34. The molecule has 0 spiro atoms. The van der Waals surface area contributed by atoms with Gasteiger partial charge >= 0.3 is 12.1 Å². The van der Waals surface area contributed by atoms with Crippen LogP contribution in [0.5, 0.6) is 0 Å². The highest BCUT2D eigenvalue weighted by Gasteiger charge is 2.34. The average Bonchev–Trinajstić information content (AvgIpc) is 2.18. The lowest BCUT2D eigenvalue weighted by molar-refractivity contribution is -0.215. The zero-order chi connectivity index (χ0) is 13.1. The van der Waals surface area contributed by atoms with Crippen molar-refractivity contribution in [1.29, 1.82) is 0 Å². The Morgan fingerprint density at radius 2 is 2.06 bits per heavy atom. The number of alkyl halides is 3. The highest BCUT2D eigenvalue weighted by molar-refractivity contribution is 5.71. The molecule has 1 aromatic carbocycles. The van der Waals surface area contributed by atoms with E-state index < -0.39 is 24.1 Å². The molecule has 0 bridgehead atoms. The summed E-state index contributed by atoms with van der Waals surface area (Å²) in [5.74, 6) is -1.37. The van der Waals surface area contributed by atoms with Crippen LogP contribution in [0, 0.1) is 0 Å². The third-order valence-corrected chi connectivity index (χ3v) is 1.92. The lowest BCUT2D eigenvalue weighted by atomic mass is 10.0. The van der Waals surface area contributed by atoms with Gasteiger partial charge in [0.25, 0.3) is 0 Å². The van der Waals surface area contributed by atoms with Crippen LogP contribution in [0.4, 0.5) is 18.9 Å².